The zero-order chi connectivity index (χ0) is 20.5. The Hall–Kier alpha value is -3.03. The van der Waals surface area contributed by atoms with Crippen molar-refractivity contribution in [2.75, 3.05) is 41.9 Å². The molecule has 1 aromatic heterocycles. The van der Waals surface area contributed by atoms with E-state index in [9.17, 15) is 4.79 Å². The van der Waals surface area contributed by atoms with Crippen molar-refractivity contribution in [3.05, 3.63) is 30.0 Å². The highest BCUT2D eigenvalue weighted by atomic mass is 16.6. The van der Waals surface area contributed by atoms with Gasteiger partial charge in [0, 0.05) is 32.6 Å². The van der Waals surface area contributed by atoms with E-state index >= 15 is 0 Å². The predicted octanol–water partition coefficient (Wildman–Crippen LogP) is 2.98. The molecule has 1 N–H and O–H groups in total. The molecule has 1 fully saturated rings. The minimum atomic E-state index is 0.109. The number of carbonyl (C=O) groups excluding carboxylic acids is 1. The van der Waals surface area contributed by atoms with E-state index in [1.54, 1.807) is 11.1 Å². The number of amides is 1. The maximum atomic E-state index is 12.5. The summed E-state index contributed by atoms with van der Waals surface area (Å²) in [6.45, 7) is 2.44. The number of nitrogens with one attached hydrogen (secondary N) is 1. The lowest BCUT2D eigenvalue weighted by atomic mass is 10.2. The second-order valence-electron chi connectivity index (χ2n) is 8.07. The molecule has 8 nitrogen and oxygen atoms in total. The molecule has 0 spiro atoms. The van der Waals surface area contributed by atoms with Crippen LogP contribution in [0.1, 0.15) is 37.7 Å². The first-order chi connectivity index (χ1) is 14.7. The quantitative estimate of drug-likeness (QED) is 0.832. The topological polar surface area (TPSA) is 79.8 Å². The van der Waals surface area contributed by atoms with Gasteiger partial charge in [0.1, 0.15) is 18.9 Å². The maximum absolute atomic E-state index is 12.5. The molecule has 30 heavy (non-hydrogen) atoms. The lowest BCUT2D eigenvalue weighted by Gasteiger charge is -2.30. The van der Waals surface area contributed by atoms with E-state index < -0.39 is 0 Å². The van der Waals surface area contributed by atoms with Crippen molar-refractivity contribution in [1.82, 2.24) is 9.97 Å². The van der Waals surface area contributed by atoms with E-state index in [0.717, 1.165) is 41.4 Å². The first-order valence-electron chi connectivity index (χ1n) is 10.7. The number of aromatic nitrogens is 2. The van der Waals surface area contributed by atoms with E-state index in [1.807, 2.05) is 25.2 Å². The van der Waals surface area contributed by atoms with Crippen LogP contribution in [0, 0.1) is 0 Å². The van der Waals surface area contributed by atoms with Crippen LogP contribution < -0.4 is 24.6 Å². The summed E-state index contributed by atoms with van der Waals surface area (Å²) in [4.78, 5) is 25.8. The first kappa shape index (κ1) is 19.0. The Morgan fingerprint density at radius 3 is 2.80 bits per heavy atom. The molecule has 2 aromatic rings. The van der Waals surface area contributed by atoms with E-state index in [1.165, 1.54) is 12.8 Å². The van der Waals surface area contributed by atoms with E-state index in [-0.39, 0.29) is 5.91 Å². The molecule has 0 saturated heterocycles. The lowest BCUT2D eigenvalue weighted by Crippen LogP contribution is -2.34. The van der Waals surface area contributed by atoms with Gasteiger partial charge in [0.15, 0.2) is 17.3 Å². The Bertz CT molecular complexity index is 944. The number of fused-ring (bicyclic) bond motifs is 2. The van der Waals surface area contributed by atoms with Gasteiger partial charge in [-0.05, 0) is 30.5 Å². The van der Waals surface area contributed by atoms with Gasteiger partial charge in [-0.15, -0.1) is 0 Å². The number of benzene rings is 1. The molecule has 0 radical (unpaired) electrons. The standard InChI is InChI=1S/C22H27N5O3/c1-26-17-14-24-22(23-13-15-6-7-18-19(12-15)30-11-10-29-18)25-21(17)27(9-8-20(26)28)16-4-2-3-5-16/h6-7,12,14,16H,2-5,8-11,13H2,1H3,(H,23,24,25). The number of rotatable bonds is 4. The fourth-order valence-electron chi connectivity index (χ4n) is 4.47. The molecule has 1 amide bonds. The van der Waals surface area contributed by atoms with Gasteiger partial charge in [0.2, 0.25) is 11.9 Å². The monoisotopic (exact) mass is 409 g/mol. The molecule has 3 aliphatic rings. The average Bonchev–Trinajstić information content (AvgIpc) is 3.28. The summed E-state index contributed by atoms with van der Waals surface area (Å²) in [6.07, 6.45) is 7.05. The van der Waals surface area contributed by atoms with Gasteiger partial charge in [-0.1, -0.05) is 18.9 Å². The molecular weight excluding hydrogens is 382 g/mol. The third-order valence-electron chi connectivity index (χ3n) is 6.15. The van der Waals surface area contributed by atoms with Gasteiger partial charge < -0.3 is 24.6 Å². The highest BCUT2D eigenvalue weighted by Gasteiger charge is 2.31. The third-order valence-corrected chi connectivity index (χ3v) is 6.15. The van der Waals surface area contributed by atoms with Gasteiger partial charge in [0.25, 0.3) is 0 Å². The Kier molecular flexibility index (Phi) is 5.06. The molecular formula is C22H27N5O3. The SMILES string of the molecule is CN1C(=O)CCN(C2CCCC2)c2nc(NCc3ccc4c(c3)OCCO4)ncc21. The average molecular weight is 409 g/mol. The summed E-state index contributed by atoms with van der Waals surface area (Å²) in [7, 11) is 1.81. The van der Waals surface area contributed by atoms with Crippen LogP contribution in [0.3, 0.4) is 0 Å². The van der Waals surface area contributed by atoms with Gasteiger partial charge in [-0.25, -0.2) is 4.98 Å². The fraction of sp³-hybridized carbons (Fsp3) is 0.500. The molecule has 3 heterocycles. The first-order valence-corrected chi connectivity index (χ1v) is 10.7. The van der Waals surface area contributed by atoms with Crippen molar-refractivity contribution >= 4 is 23.4 Å². The van der Waals surface area contributed by atoms with Crippen LogP contribution in [0.5, 0.6) is 11.5 Å². The second-order valence-corrected chi connectivity index (χ2v) is 8.07. The minimum absolute atomic E-state index is 0.109. The van der Waals surface area contributed by atoms with Crippen LogP contribution in [0.2, 0.25) is 0 Å². The smallest absolute Gasteiger partial charge is 0.228 e. The van der Waals surface area contributed by atoms with Crippen LogP contribution in [-0.4, -0.2) is 48.7 Å². The molecule has 8 heteroatoms. The molecule has 0 bridgehead atoms. The molecule has 0 unspecified atom stereocenters. The minimum Gasteiger partial charge on any atom is -0.486 e. The summed E-state index contributed by atoms with van der Waals surface area (Å²) in [5.74, 6) is 3.09. The van der Waals surface area contributed by atoms with E-state index in [0.29, 0.717) is 44.7 Å². The van der Waals surface area contributed by atoms with Gasteiger partial charge in [0.05, 0.1) is 6.20 Å². The molecule has 1 saturated carbocycles. The Balaban J connectivity index is 1.38. The highest BCUT2D eigenvalue weighted by molar-refractivity contribution is 5.97. The number of nitrogens with zero attached hydrogens (tertiary/aromatic N) is 4. The van der Waals surface area contributed by atoms with Gasteiger partial charge >= 0.3 is 0 Å². The largest absolute Gasteiger partial charge is 0.486 e. The summed E-state index contributed by atoms with van der Waals surface area (Å²) in [5, 5.41) is 3.33. The van der Waals surface area contributed by atoms with Crippen LogP contribution in [-0.2, 0) is 11.3 Å². The highest BCUT2D eigenvalue weighted by Crippen LogP contribution is 2.36. The summed E-state index contributed by atoms with van der Waals surface area (Å²) in [6, 6.07) is 6.39. The summed E-state index contributed by atoms with van der Waals surface area (Å²) < 4.78 is 11.3. The van der Waals surface area contributed by atoms with Crippen molar-refractivity contribution in [1.29, 1.82) is 0 Å². The van der Waals surface area contributed by atoms with Gasteiger partial charge in [-0.2, -0.15) is 4.98 Å². The molecule has 2 aliphatic heterocycles. The number of ether oxygens (including phenoxy) is 2. The van der Waals surface area contributed by atoms with Crippen LogP contribution >= 0.6 is 0 Å². The zero-order valence-corrected chi connectivity index (χ0v) is 17.3. The number of hydrogen-bond acceptors (Lipinski definition) is 7. The molecule has 1 aromatic carbocycles. The molecule has 5 rings (SSSR count). The fourth-order valence-corrected chi connectivity index (χ4v) is 4.47. The van der Waals surface area contributed by atoms with Crippen molar-refractivity contribution in [2.45, 2.75) is 44.7 Å². The predicted molar refractivity (Wildman–Crippen MR) is 114 cm³/mol. The molecule has 0 atom stereocenters. The Labute approximate surface area is 176 Å². The van der Waals surface area contributed by atoms with Crippen molar-refractivity contribution in [3.8, 4) is 11.5 Å². The number of anilines is 3. The van der Waals surface area contributed by atoms with Crippen molar-refractivity contribution in [3.63, 3.8) is 0 Å². The second kappa shape index (κ2) is 8.01. The lowest BCUT2D eigenvalue weighted by molar-refractivity contribution is -0.118. The molecule has 1 aliphatic carbocycles. The summed E-state index contributed by atoms with van der Waals surface area (Å²) >= 11 is 0. The molecule has 158 valence electrons. The summed E-state index contributed by atoms with van der Waals surface area (Å²) in [5.41, 5.74) is 1.85. The zero-order valence-electron chi connectivity index (χ0n) is 17.3. The Morgan fingerprint density at radius 2 is 1.97 bits per heavy atom. The third kappa shape index (κ3) is 3.62. The Morgan fingerprint density at radius 1 is 1.17 bits per heavy atom. The van der Waals surface area contributed by atoms with Crippen molar-refractivity contribution in [2.24, 2.45) is 0 Å². The number of carbonyl (C=O) groups is 1. The van der Waals surface area contributed by atoms with Crippen LogP contribution in [0.25, 0.3) is 0 Å². The van der Waals surface area contributed by atoms with E-state index in [4.69, 9.17) is 14.5 Å². The van der Waals surface area contributed by atoms with Gasteiger partial charge in [-0.3, -0.25) is 4.79 Å². The normalized spacial score (nSPS) is 18.9. The van der Waals surface area contributed by atoms with Crippen LogP contribution in [0.15, 0.2) is 24.4 Å². The van der Waals surface area contributed by atoms with Crippen LogP contribution in [0.4, 0.5) is 17.5 Å². The maximum Gasteiger partial charge on any atom is 0.228 e. The van der Waals surface area contributed by atoms with E-state index in [2.05, 4.69) is 15.2 Å². The van der Waals surface area contributed by atoms with Crippen molar-refractivity contribution < 1.29 is 14.3 Å². The number of hydrogen-bond donors (Lipinski definition) is 1.